The quantitative estimate of drug-likeness (QED) is 0.678. The van der Waals surface area contributed by atoms with Crippen LogP contribution in [0.1, 0.15) is 20.8 Å². The van der Waals surface area contributed by atoms with Gasteiger partial charge in [-0.25, -0.2) is 13.6 Å². The van der Waals surface area contributed by atoms with E-state index in [0.29, 0.717) is 0 Å². The molecule has 0 aliphatic carbocycles. The van der Waals surface area contributed by atoms with E-state index in [9.17, 15) is 13.6 Å². The van der Waals surface area contributed by atoms with Crippen molar-refractivity contribution >= 4 is 5.97 Å². The summed E-state index contributed by atoms with van der Waals surface area (Å²) in [6, 6.07) is 0.0132. The molecular formula is C10H19F2NO3. The lowest BCUT2D eigenvalue weighted by molar-refractivity contribution is -0.151. The van der Waals surface area contributed by atoms with Gasteiger partial charge >= 0.3 is 5.97 Å². The molecule has 1 atom stereocenters. The first-order valence-electron chi connectivity index (χ1n) is 5.04. The van der Waals surface area contributed by atoms with Crippen molar-refractivity contribution in [2.45, 2.75) is 38.8 Å². The normalized spacial score (nSPS) is 15.2. The second kappa shape index (κ2) is 6.75. The molecule has 1 N–H and O–H groups in total. The zero-order chi connectivity index (χ0) is 12.8. The molecule has 0 spiro atoms. The fourth-order valence-electron chi connectivity index (χ4n) is 1.37. The van der Waals surface area contributed by atoms with Crippen molar-refractivity contribution in [3.63, 3.8) is 0 Å². The van der Waals surface area contributed by atoms with Crippen molar-refractivity contribution in [2.75, 3.05) is 20.3 Å². The molecule has 1 unspecified atom stereocenters. The van der Waals surface area contributed by atoms with E-state index in [4.69, 9.17) is 4.74 Å². The van der Waals surface area contributed by atoms with Gasteiger partial charge in [0.1, 0.15) is 12.1 Å². The van der Waals surface area contributed by atoms with Crippen molar-refractivity contribution in [3.05, 3.63) is 0 Å². The minimum atomic E-state index is -2.54. The van der Waals surface area contributed by atoms with Gasteiger partial charge in [-0.2, -0.15) is 0 Å². The Hall–Kier alpha value is -0.750. The Morgan fingerprint density at radius 2 is 2.00 bits per heavy atom. The molecule has 6 heteroatoms. The van der Waals surface area contributed by atoms with Crippen LogP contribution in [0.3, 0.4) is 0 Å². The van der Waals surface area contributed by atoms with E-state index in [1.165, 1.54) is 7.11 Å². The summed E-state index contributed by atoms with van der Waals surface area (Å²) in [5.41, 5.74) is -1.10. The van der Waals surface area contributed by atoms with Crippen LogP contribution in [0.15, 0.2) is 0 Å². The highest BCUT2D eigenvalue weighted by Gasteiger charge is 2.35. The molecule has 0 fully saturated rings. The molecule has 0 saturated heterocycles. The first kappa shape index (κ1) is 15.2. The standard InChI is InChI=1S/C10H19F2NO3/c1-7(2)13-10(3,9(14)15-4)6-16-5-8(11)12/h7-8,13H,5-6H2,1-4H3. The van der Waals surface area contributed by atoms with Crippen LogP contribution in [-0.2, 0) is 14.3 Å². The SMILES string of the molecule is COC(=O)C(C)(COCC(F)F)NC(C)C. The summed E-state index contributed by atoms with van der Waals surface area (Å²) in [7, 11) is 1.25. The third kappa shape index (κ3) is 5.37. The van der Waals surface area contributed by atoms with Crippen LogP contribution in [0.4, 0.5) is 8.78 Å². The zero-order valence-electron chi connectivity index (χ0n) is 10.0. The van der Waals surface area contributed by atoms with Gasteiger partial charge in [0.2, 0.25) is 0 Å². The van der Waals surface area contributed by atoms with Crippen LogP contribution in [0, 0.1) is 0 Å². The molecule has 0 rings (SSSR count). The van der Waals surface area contributed by atoms with Gasteiger partial charge in [0.25, 0.3) is 6.43 Å². The summed E-state index contributed by atoms with van der Waals surface area (Å²) in [6.07, 6.45) is -2.54. The molecule has 4 nitrogen and oxygen atoms in total. The number of ether oxygens (including phenoxy) is 2. The molecule has 96 valence electrons. The summed E-state index contributed by atoms with van der Waals surface area (Å²) in [4.78, 5) is 11.5. The minimum absolute atomic E-state index is 0.0132. The Balaban J connectivity index is 4.36. The van der Waals surface area contributed by atoms with Gasteiger partial charge in [0.15, 0.2) is 0 Å². The van der Waals surface area contributed by atoms with Gasteiger partial charge in [-0.15, -0.1) is 0 Å². The minimum Gasteiger partial charge on any atom is -0.468 e. The highest BCUT2D eigenvalue weighted by atomic mass is 19.3. The largest absolute Gasteiger partial charge is 0.468 e. The van der Waals surface area contributed by atoms with E-state index in [1.807, 2.05) is 13.8 Å². The second-order valence-corrected chi connectivity index (χ2v) is 4.03. The maximum atomic E-state index is 11.9. The summed E-state index contributed by atoms with van der Waals surface area (Å²) in [5.74, 6) is -0.532. The summed E-state index contributed by atoms with van der Waals surface area (Å²) < 4.78 is 33.2. The fraction of sp³-hybridized carbons (Fsp3) is 0.900. The molecule has 0 saturated carbocycles. The number of methoxy groups -OCH3 is 1. The molecule has 0 bridgehead atoms. The molecule has 0 aromatic heterocycles. The predicted octanol–water partition coefficient (Wildman–Crippen LogP) is 1.20. The zero-order valence-corrected chi connectivity index (χ0v) is 10.0. The van der Waals surface area contributed by atoms with Crippen molar-refractivity contribution in [1.82, 2.24) is 5.32 Å². The van der Waals surface area contributed by atoms with Gasteiger partial charge in [0.05, 0.1) is 13.7 Å². The van der Waals surface area contributed by atoms with Crippen molar-refractivity contribution in [1.29, 1.82) is 0 Å². The maximum absolute atomic E-state index is 11.9. The Morgan fingerprint density at radius 1 is 1.44 bits per heavy atom. The lowest BCUT2D eigenvalue weighted by Gasteiger charge is -2.29. The number of hydrogen-bond donors (Lipinski definition) is 1. The van der Waals surface area contributed by atoms with Crippen LogP contribution < -0.4 is 5.32 Å². The monoisotopic (exact) mass is 239 g/mol. The van der Waals surface area contributed by atoms with Gasteiger partial charge in [-0.3, -0.25) is 5.32 Å². The van der Waals surface area contributed by atoms with E-state index in [0.717, 1.165) is 0 Å². The molecule has 0 aromatic carbocycles. The average molecular weight is 239 g/mol. The first-order valence-corrected chi connectivity index (χ1v) is 5.04. The van der Waals surface area contributed by atoms with Crippen LogP contribution in [0.25, 0.3) is 0 Å². The number of rotatable bonds is 7. The van der Waals surface area contributed by atoms with E-state index in [1.54, 1.807) is 6.92 Å². The third-order valence-electron chi connectivity index (χ3n) is 1.88. The molecule has 0 radical (unpaired) electrons. The van der Waals surface area contributed by atoms with Crippen LogP contribution in [-0.4, -0.2) is 44.3 Å². The third-order valence-corrected chi connectivity index (χ3v) is 1.88. The Labute approximate surface area is 94.3 Å². The van der Waals surface area contributed by atoms with Gasteiger partial charge in [0, 0.05) is 6.04 Å². The topological polar surface area (TPSA) is 47.6 Å². The van der Waals surface area contributed by atoms with E-state index in [2.05, 4.69) is 10.1 Å². The average Bonchev–Trinajstić information content (AvgIpc) is 2.14. The van der Waals surface area contributed by atoms with Gasteiger partial charge in [-0.1, -0.05) is 0 Å². The lowest BCUT2D eigenvalue weighted by atomic mass is 10.0. The Morgan fingerprint density at radius 3 is 2.38 bits per heavy atom. The highest BCUT2D eigenvalue weighted by Crippen LogP contribution is 2.09. The molecule has 0 amide bonds. The number of alkyl halides is 2. The van der Waals surface area contributed by atoms with Crippen LogP contribution >= 0.6 is 0 Å². The number of nitrogens with one attached hydrogen (secondary N) is 1. The van der Waals surface area contributed by atoms with Crippen molar-refractivity contribution < 1.29 is 23.0 Å². The molecular weight excluding hydrogens is 220 g/mol. The molecule has 0 aliphatic heterocycles. The molecule has 0 heterocycles. The van der Waals surface area contributed by atoms with Crippen LogP contribution in [0.5, 0.6) is 0 Å². The first-order chi connectivity index (χ1) is 7.31. The highest BCUT2D eigenvalue weighted by molar-refractivity contribution is 5.80. The smallest absolute Gasteiger partial charge is 0.328 e. The molecule has 0 aromatic rings. The maximum Gasteiger partial charge on any atom is 0.328 e. The van der Waals surface area contributed by atoms with Gasteiger partial charge in [-0.05, 0) is 20.8 Å². The van der Waals surface area contributed by atoms with Crippen molar-refractivity contribution in [3.8, 4) is 0 Å². The Kier molecular flexibility index (Phi) is 6.43. The van der Waals surface area contributed by atoms with Crippen molar-refractivity contribution in [2.24, 2.45) is 0 Å². The Bertz CT molecular complexity index is 224. The summed E-state index contributed by atoms with van der Waals surface area (Å²) in [6.45, 7) is 4.40. The predicted molar refractivity (Wildman–Crippen MR) is 55.5 cm³/mol. The van der Waals surface area contributed by atoms with E-state index >= 15 is 0 Å². The van der Waals surface area contributed by atoms with Crippen LogP contribution in [0.2, 0.25) is 0 Å². The molecule has 16 heavy (non-hydrogen) atoms. The fourth-order valence-corrected chi connectivity index (χ4v) is 1.37. The summed E-state index contributed by atoms with van der Waals surface area (Å²) >= 11 is 0. The number of halogens is 2. The second-order valence-electron chi connectivity index (χ2n) is 4.03. The number of carbonyl (C=O) groups excluding carboxylic acids is 1. The number of carbonyl (C=O) groups is 1. The molecule has 0 aliphatic rings. The summed E-state index contributed by atoms with van der Waals surface area (Å²) in [5, 5.41) is 2.94. The van der Waals surface area contributed by atoms with E-state index in [-0.39, 0.29) is 12.6 Å². The van der Waals surface area contributed by atoms with Gasteiger partial charge < -0.3 is 9.47 Å². The van der Waals surface area contributed by atoms with E-state index < -0.39 is 24.5 Å². The number of hydrogen-bond acceptors (Lipinski definition) is 4. The lowest BCUT2D eigenvalue weighted by Crippen LogP contribution is -2.56. The number of esters is 1.